The largest absolute Gasteiger partial charge is 0.208 e. The molecule has 4 aromatic rings. The van der Waals surface area contributed by atoms with E-state index in [0.717, 1.165) is 21.2 Å². The Morgan fingerprint density at radius 1 is 0.615 bits per heavy atom. The van der Waals surface area contributed by atoms with Gasteiger partial charge < -0.3 is 0 Å². The monoisotopic (exact) mass is 421 g/mol. The summed E-state index contributed by atoms with van der Waals surface area (Å²) >= 11 is 9.86. The summed E-state index contributed by atoms with van der Waals surface area (Å²) in [6, 6.07) is 25.4. The molecule has 3 aromatic carbocycles. The summed E-state index contributed by atoms with van der Waals surface area (Å²) in [5.41, 5.74) is 2.63. The van der Waals surface area contributed by atoms with Crippen LogP contribution >= 0.6 is 27.5 Å². The number of hydrogen-bond donors (Lipinski definition) is 0. The lowest BCUT2D eigenvalue weighted by Crippen LogP contribution is -2.00. The summed E-state index contributed by atoms with van der Waals surface area (Å²) in [7, 11) is 0. The van der Waals surface area contributed by atoms with Crippen LogP contribution in [0.1, 0.15) is 0 Å². The van der Waals surface area contributed by atoms with Crippen LogP contribution in [0.4, 0.5) is 0 Å². The Balaban J connectivity index is 1.94. The Labute approximate surface area is 164 Å². The SMILES string of the molecule is Clc1cc(Br)ccc1-c1nc(-c2ccccc2)nc(-c2ccccc2)n1. The highest BCUT2D eigenvalue weighted by Crippen LogP contribution is 2.30. The topological polar surface area (TPSA) is 38.7 Å². The molecular weight excluding hydrogens is 410 g/mol. The quantitative estimate of drug-likeness (QED) is 0.389. The van der Waals surface area contributed by atoms with Crippen molar-refractivity contribution in [2.24, 2.45) is 0 Å². The van der Waals surface area contributed by atoms with Crippen LogP contribution in [0.15, 0.2) is 83.3 Å². The third-order valence-corrected chi connectivity index (χ3v) is 4.68. The Bertz CT molecular complexity index is 996. The minimum atomic E-state index is 0.551. The van der Waals surface area contributed by atoms with Crippen molar-refractivity contribution in [3.8, 4) is 34.2 Å². The number of hydrogen-bond acceptors (Lipinski definition) is 3. The summed E-state index contributed by atoms with van der Waals surface area (Å²) < 4.78 is 0.909. The predicted octanol–water partition coefficient (Wildman–Crippen LogP) is 6.29. The van der Waals surface area contributed by atoms with Gasteiger partial charge in [-0.2, -0.15) is 0 Å². The van der Waals surface area contributed by atoms with Gasteiger partial charge in [-0.1, -0.05) is 88.2 Å². The van der Waals surface area contributed by atoms with Crippen molar-refractivity contribution in [3.05, 3.63) is 88.4 Å². The van der Waals surface area contributed by atoms with Gasteiger partial charge in [0.25, 0.3) is 0 Å². The molecule has 0 aliphatic carbocycles. The maximum absolute atomic E-state index is 6.43. The number of rotatable bonds is 3. The molecule has 1 heterocycles. The van der Waals surface area contributed by atoms with Crippen LogP contribution in [0.5, 0.6) is 0 Å². The van der Waals surface area contributed by atoms with Crippen LogP contribution in [0.2, 0.25) is 5.02 Å². The van der Waals surface area contributed by atoms with E-state index in [2.05, 4.69) is 30.9 Å². The molecule has 5 heteroatoms. The Kier molecular flexibility index (Phi) is 4.78. The summed E-state index contributed by atoms with van der Waals surface area (Å²) in [6.07, 6.45) is 0. The maximum atomic E-state index is 6.43. The van der Waals surface area contributed by atoms with Crippen molar-refractivity contribution >= 4 is 27.5 Å². The van der Waals surface area contributed by atoms with E-state index in [1.165, 1.54) is 0 Å². The highest BCUT2D eigenvalue weighted by Gasteiger charge is 2.14. The molecule has 0 saturated heterocycles. The predicted molar refractivity (Wildman–Crippen MR) is 109 cm³/mol. The molecule has 0 aliphatic heterocycles. The van der Waals surface area contributed by atoms with E-state index in [1.807, 2.05) is 78.9 Å². The molecule has 0 fully saturated rings. The van der Waals surface area contributed by atoms with Gasteiger partial charge in [-0.05, 0) is 18.2 Å². The third kappa shape index (κ3) is 3.52. The second-order valence-electron chi connectivity index (χ2n) is 5.66. The highest BCUT2D eigenvalue weighted by atomic mass is 79.9. The smallest absolute Gasteiger partial charge is 0.165 e. The van der Waals surface area contributed by atoms with Gasteiger partial charge in [-0.3, -0.25) is 0 Å². The average Bonchev–Trinajstić information content (AvgIpc) is 2.69. The normalized spacial score (nSPS) is 10.7. The van der Waals surface area contributed by atoms with Gasteiger partial charge in [0.15, 0.2) is 17.5 Å². The molecule has 0 spiro atoms. The van der Waals surface area contributed by atoms with Crippen molar-refractivity contribution in [3.63, 3.8) is 0 Å². The zero-order valence-electron chi connectivity index (χ0n) is 13.6. The summed E-state index contributed by atoms with van der Waals surface area (Å²) in [4.78, 5) is 14.0. The lowest BCUT2D eigenvalue weighted by molar-refractivity contribution is 1.07. The van der Waals surface area contributed by atoms with Gasteiger partial charge in [0.1, 0.15) is 0 Å². The zero-order valence-corrected chi connectivity index (χ0v) is 15.9. The van der Waals surface area contributed by atoms with Gasteiger partial charge in [0.2, 0.25) is 0 Å². The van der Waals surface area contributed by atoms with E-state index >= 15 is 0 Å². The molecule has 0 saturated carbocycles. The minimum Gasteiger partial charge on any atom is -0.208 e. The number of nitrogens with zero attached hydrogens (tertiary/aromatic N) is 3. The van der Waals surface area contributed by atoms with Gasteiger partial charge in [-0.25, -0.2) is 15.0 Å². The van der Waals surface area contributed by atoms with Crippen LogP contribution in [0.3, 0.4) is 0 Å². The molecule has 4 rings (SSSR count). The first kappa shape index (κ1) is 16.9. The Hall–Kier alpha value is -2.56. The molecule has 0 aliphatic rings. The molecule has 126 valence electrons. The van der Waals surface area contributed by atoms with Crippen LogP contribution < -0.4 is 0 Å². The minimum absolute atomic E-state index is 0.551. The van der Waals surface area contributed by atoms with E-state index in [1.54, 1.807) is 0 Å². The third-order valence-electron chi connectivity index (χ3n) is 3.87. The van der Waals surface area contributed by atoms with Crippen molar-refractivity contribution in [1.29, 1.82) is 0 Å². The Morgan fingerprint density at radius 3 is 1.62 bits per heavy atom. The van der Waals surface area contributed by atoms with E-state index in [-0.39, 0.29) is 0 Å². The van der Waals surface area contributed by atoms with Gasteiger partial charge in [0.05, 0.1) is 5.02 Å². The number of benzene rings is 3. The average molecular weight is 423 g/mol. The zero-order chi connectivity index (χ0) is 17.9. The van der Waals surface area contributed by atoms with E-state index in [4.69, 9.17) is 11.6 Å². The van der Waals surface area contributed by atoms with Crippen LogP contribution in [-0.4, -0.2) is 15.0 Å². The molecule has 26 heavy (non-hydrogen) atoms. The molecule has 0 atom stereocenters. The van der Waals surface area contributed by atoms with Crippen molar-refractivity contribution in [2.75, 3.05) is 0 Å². The second kappa shape index (κ2) is 7.36. The summed E-state index contributed by atoms with van der Waals surface area (Å²) in [5.74, 6) is 1.79. The first-order valence-corrected chi connectivity index (χ1v) is 9.20. The molecule has 1 aromatic heterocycles. The molecular formula is C21H13BrClN3. The van der Waals surface area contributed by atoms with Gasteiger partial charge in [0, 0.05) is 21.2 Å². The van der Waals surface area contributed by atoms with Gasteiger partial charge >= 0.3 is 0 Å². The molecule has 0 N–H and O–H groups in total. The molecule has 0 radical (unpaired) electrons. The molecule has 0 unspecified atom stereocenters. The standard InChI is InChI=1S/C21H13BrClN3/c22-16-11-12-17(18(23)13-16)21-25-19(14-7-3-1-4-8-14)24-20(26-21)15-9-5-2-6-10-15/h1-13H. The number of halogens is 2. The van der Waals surface area contributed by atoms with Crippen molar-refractivity contribution in [1.82, 2.24) is 15.0 Å². The lowest BCUT2D eigenvalue weighted by Gasteiger charge is -2.09. The van der Waals surface area contributed by atoms with Crippen LogP contribution in [0.25, 0.3) is 34.2 Å². The maximum Gasteiger partial charge on any atom is 0.165 e. The fourth-order valence-electron chi connectivity index (χ4n) is 2.60. The fraction of sp³-hybridized carbons (Fsp3) is 0. The van der Waals surface area contributed by atoms with E-state index in [0.29, 0.717) is 22.5 Å². The highest BCUT2D eigenvalue weighted by molar-refractivity contribution is 9.10. The van der Waals surface area contributed by atoms with E-state index < -0.39 is 0 Å². The number of aromatic nitrogens is 3. The first-order chi connectivity index (χ1) is 12.7. The summed E-state index contributed by atoms with van der Waals surface area (Å²) in [5, 5.41) is 0.587. The lowest BCUT2D eigenvalue weighted by atomic mass is 10.1. The molecule has 3 nitrogen and oxygen atoms in total. The van der Waals surface area contributed by atoms with Crippen LogP contribution in [0, 0.1) is 0 Å². The Morgan fingerprint density at radius 2 is 1.12 bits per heavy atom. The van der Waals surface area contributed by atoms with Gasteiger partial charge in [-0.15, -0.1) is 0 Å². The van der Waals surface area contributed by atoms with Crippen molar-refractivity contribution < 1.29 is 0 Å². The van der Waals surface area contributed by atoms with Crippen molar-refractivity contribution in [2.45, 2.75) is 0 Å². The second-order valence-corrected chi connectivity index (χ2v) is 6.99. The first-order valence-electron chi connectivity index (χ1n) is 8.03. The van der Waals surface area contributed by atoms with Crippen LogP contribution in [-0.2, 0) is 0 Å². The summed E-state index contributed by atoms with van der Waals surface area (Å²) in [6.45, 7) is 0. The van der Waals surface area contributed by atoms with E-state index in [9.17, 15) is 0 Å². The molecule has 0 amide bonds. The fourth-order valence-corrected chi connectivity index (χ4v) is 3.36. The molecule has 0 bridgehead atoms.